The zero-order valence-corrected chi connectivity index (χ0v) is 17.0. The summed E-state index contributed by atoms with van der Waals surface area (Å²) in [6, 6.07) is 11.2. The topological polar surface area (TPSA) is 57.3 Å². The smallest absolute Gasteiger partial charge is 0.241 e. The Balaban J connectivity index is 1.78. The van der Waals surface area contributed by atoms with E-state index in [-0.39, 0.29) is 18.0 Å². The molecule has 1 aliphatic heterocycles. The summed E-state index contributed by atoms with van der Waals surface area (Å²) in [4.78, 5) is 19.4. The summed E-state index contributed by atoms with van der Waals surface area (Å²) < 4.78 is 0. The van der Waals surface area contributed by atoms with E-state index < -0.39 is 0 Å². The van der Waals surface area contributed by atoms with Gasteiger partial charge in [0.15, 0.2) is 0 Å². The first-order valence-corrected chi connectivity index (χ1v) is 9.83. The third-order valence-corrected chi connectivity index (χ3v) is 5.52. The molecule has 1 aromatic carbocycles. The number of carbonyl (C=O) groups excluding carboxylic acids is 1. The number of nitrogens with zero attached hydrogens (tertiary/aromatic N) is 2. The number of amides is 1. The van der Waals surface area contributed by atoms with Crippen LogP contribution in [0.25, 0.3) is 0 Å². The number of nitrogens with one attached hydrogen (secondary N) is 2. The number of hydrogen-bond acceptors (Lipinski definition) is 4. The Bertz CT molecular complexity index is 785. The fourth-order valence-corrected chi connectivity index (χ4v) is 3.48. The van der Waals surface area contributed by atoms with Crippen molar-refractivity contribution in [2.24, 2.45) is 5.92 Å². The van der Waals surface area contributed by atoms with Gasteiger partial charge in [0.05, 0.1) is 22.3 Å². The first-order valence-electron chi connectivity index (χ1n) is 9.07. The Morgan fingerprint density at radius 3 is 2.63 bits per heavy atom. The van der Waals surface area contributed by atoms with Crippen LogP contribution in [-0.4, -0.2) is 27.9 Å². The standard InChI is InChI=1S/C20H24Cl2N4O/c1-13(2)18-10-19(25-24-18)20(27)26(12-15-5-3-4-8-23-15)11-14-6-7-16(21)17(22)9-14/h3-9,13,18-19,24-25H,10-12H2,1-2H3. The Kier molecular flexibility index (Phi) is 6.71. The average Bonchev–Trinajstić information content (AvgIpc) is 3.15. The van der Waals surface area contributed by atoms with E-state index in [1.54, 1.807) is 18.3 Å². The zero-order valence-electron chi connectivity index (χ0n) is 15.5. The lowest BCUT2D eigenvalue weighted by atomic mass is 9.99. The molecule has 144 valence electrons. The van der Waals surface area contributed by atoms with Gasteiger partial charge in [0.1, 0.15) is 6.04 Å². The van der Waals surface area contributed by atoms with Gasteiger partial charge >= 0.3 is 0 Å². The van der Waals surface area contributed by atoms with Gasteiger partial charge in [-0.2, -0.15) is 0 Å². The highest BCUT2D eigenvalue weighted by molar-refractivity contribution is 6.42. The molecule has 2 heterocycles. The third-order valence-electron chi connectivity index (χ3n) is 4.78. The van der Waals surface area contributed by atoms with Crippen LogP contribution in [0.2, 0.25) is 10.0 Å². The number of halogens is 2. The molecule has 0 radical (unpaired) electrons. The number of carbonyl (C=O) groups is 1. The van der Waals surface area contributed by atoms with Crippen LogP contribution in [0.3, 0.4) is 0 Å². The molecule has 1 aromatic heterocycles. The molecule has 27 heavy (non-hydrogen) atoms. The number of hydrazine groups is 1. The Morgan fingerprint density at radius 2 is 2.00 bits per heavy atom. The van der Waals surface area contributed by atoms with Crippen LogP contribution in [0.15, 0.2) is 42.6 Å². The normalized spacial score (nSPS) is 19.4. The van der Waals surface area contributed by atoms with E-state index in [2.05, 4.69) is 29.7 Å². The van der Waals surface area contributed by atoms with Crippen LogP contribution in [0.1, 0.15) is 31.5 Å². The van der Waals surface area contributed by atoms with E-state index in [4.69, 9.17) is 23.2 Å². The van der Waals surface area contributed by atoms with Crippen molar-refractivity contribution in [2.75, 3.05) is 0 Å². The molecule has 7 heteroatoms. The quantitative estimate of drug-likeness (QED) is 0.765. The van der Waals surface area contributed by atoms with E-state index in [0.717, 1.165) is 17.7 Å². The molecule has 0 saturated carbocycles. The summed E-state index contributed by atoms with van der Waals surface area (Å²) in [7, 11) is 0. The first kappa shape index (κ1) is 20.1. The molecule has 3 rings (SSSR count). The van der Waals surface area contributed by atoms with E-state index in [9.17, 15) is 4.79 Å². The molecular weight excluding hydrogens is 383 g/mol. The number of pyridine rings is 1. The molecule has 0 spiro atoms. The van der Waals surface area contributed by atoms with E-state index in [1.165, 1.54) is 0 Å². The molecule has 1 amide bonds. The lowest BCUT2D eigenvalue weighted by molar-refractivity contribution is -0.134. The summed E-state index contributed by atoms with van der Waals surface area (Å²) in [5, 5.41) is 0.990. The van der Waals surface area contributed by atoms with Gasteiger partial charge < -0.3 is 4.90 Å². The van der Waals surface area contributed by atoms with Crippen molar-refractivity contribution in [2.45, 2.75) is 45.4 Å². The second kappa shape index (κ2) is 9.02. The summed E-state index contributed by atoms with van der Waals surface area (Å²) in [5.41, 5.74) is 8.16. The van der Waals surface area contributed by atoms with Gasteiger partial charge in [0.25, 0.3) is 0 Å². The SMILES string of the molecule is CC(C)C1CC(C(=O)N(Cc2ccc(Cl)c(Cl)c2)Cc2ccccn2)NN1. The number of rotatable bonds is 6. The van der Waals surface area contributed by atoms with Crippen molar-refractivity contribution in [3.8, 4) is 0 Å². The number of hydrogen-bond donors (Lipinski definition) is 2. The summed E-state index contributed by atoms with van der Waals surface area (Å²) in [6.07, 6.45) is 2.50. The molecule has 2 N–H and O–H groups in total. The lowest BCUT2D eigenvalue weighted by Gasteiger charge is -2.25. The van der Waals surface area contributed by atoms with Crippen LogP contribution in [0, 0.1) is 5.92 Å². The van der Waals surface area contributed by atoms with Crippen molar-refractivity contribution in [1.29, 1.82) is 0 Å². The minimum Gasteiger partial charge on any atom is -0.331 e. The minimum absolute atomic E-state index is 0.0439. The second-order valence-electron chi connectivity index (χ2n) is 7.19. The predicted octanol–water partition coefficient (Wildman–Crippen LogP) is 3.81. The average molecular weight is 407 g/mol. The highest BCUT2D eigenvalue weighted by Crippen LogP contribution is 2.24. The molecule has 1 saturated heterocycles. The van der Waals surface area contributed by atoms with Gasteiger partial charge in [-0.1, -0.05) is 49.2 Å². The molecule has 0 aliphatic carbocycles. The maximum atomic E-state index is 13.2. The van der Waals surface area contributed by atoms with Gasteiger partial charge in [0.2, 0.25) is 5.91 Å². The maximum absolute atomic E-state index is 13.2. The lowest BCUT2D eigenvalue weighted by Crippen LogP contribution is -2.45. The zero-order chi connectivity index (χ0) is 19.4. The third kappa shape index (κ3) is 5.20. The van der Waals surface area contributed by atoms with Crippen molar-refractivity contribution >= 4 is 29.1 Å². The summed E-state index contributed by atoms with van der Waals surface area (Å²) in [6.45, 7) is 5.17. The molecule has 0 bridgehead atoms. The van der Waals surface area contributed by atoms with Crippen LogP contribution in [-0.2, 0) is 17.9 Å². The molecule has 1 fully saturated rings. The summed E-state index contributed by atoms with van der Waals surface area (Å²) in [5.74, 6) is 0.497. The van der Waals surface area contributed by atoms with Gasteiger partial charge in [-0.25, -0.2) is 5.43 Å². The van der Waals surface area contributed by atoms with Crippen molar-refractivity contribution < 1.29 is 4.79 Å². The fraction of sp³-hybridized carbons (Fsp3) is 0.400. The predicted molar refractivity (Wildman–Crippen MR) is 108 cm³/mol. The largest absolute Gasteiger partial charge is 0.331 e. The maximum Gasteiger partial charge on any atom is 0.241 e. The van der Waals surface area contributed by atoms with Crippen molar-refractivity contribution in [3.05, 3.63) is 63.9 Å². The van der Waals surface area contributed by atoms with Crippen LogP contribution in [0.4, 0.5) is 0 Å². The van der Waals surface area contributed by atoms with Gasteiger partial charge in [-0.3, -0.25) is 15.2 Å². The van der Waals surface area contributed by atoms with E-state index in [0.29, 0.717) is 29.1 Å². The highest BCUT2D eigenvalue weighted by atomic mass is 35.5. The number of benzene rings is 1. The minimum atomic E-state index is -0.260. The van der Waals surface area contributed by atoms with Crippen LogP contribution < -0.4 is 10.9 Å². The monoisotopic (exact) mass is 406 g/mol. The molecular formula is C20H24Cl2N4O. The Morgan fingerprint density at radius 1 is 1.19 bits per heavy atom. The number of aromatic nitrogens is 1. The molecule has 5 nitrogen and oxygen atoms in total. The molecule has 2 unspecified atom stereocenters. The Labute approximate surface area is 170 Å². The molecule has 1 aliphatic rings. The highest BCUT2D eigenvalue weighted by Gasteiger charge is 2.33. The van der Waals surface area contributed by atoms with Crippen LogP contribution in [0.5, 0.6) is 0 Å². The first-order chi connectivity index (χ1) is 12.9. The fourth-order valence-electron chi connectivity index (χ4n) is 3.16. The van der Waals surface area contributed by atoms with Crippen molar-refractivity contribution in [1.82, 2.24) is 20.7 Å². The van der Waals surface area contributed by atoms with E-state index in [1.807, 2.05) is 29.2 Å². The van der Waals surface area contributed by atoms with Gasteiger partial charge in [-0.05, 0) is 42.2 Å². The summed E-state index contributed by atoms with van der Waals surface area (Å²) >= 11 is 12.2. The molecule has 2 atom stereocenters. The van der Waals surface area contributed by atoms with Gasteiger partial charge in [-0.15, -0.1) is 0 Å². The Hall–Kier alpha value is -1.66. The van der Waals surface area contributed by atoms with Gasteiger partial charge in [0, 0.05) is 18.8 Å². The molecule has 2 aromatic rings. The van der Waals surface area contributed by atoms with E-state index >= 15 is 0 Å². The second-order valence-corrected chi connectivity index (χ2v) is 8.01. The van der Waals surface area contributed by atoms with Crippen molar-refractivity contribution in [3.63, 3.8) is 0 Å². The van der Waals surface area contributed by atoms with Crippen LogP contribution >= 0.6 is 23.2 Å².